The topological polar surface area (TPSA) is 53.4 Å². The molecule has 0 amide bonds. The van der Waals surface area contributed by atoms with Crippen molar-refractivity contribution in [1.82, 2.24) is 9.55 Å². The second-order valence-electron chi connectivity index (χ2n) is 7.67. The number of rotatable bonds is 7. The molecule has 1 aromatic carbocycles. The summed E-state index contributed by atoms with van der Waals surface area (Å²) in [7, 11) is 1.51. The van der Waals surface area contributed by atoms with E-state index in [1.165, 1.54) is 11.6 Å². The number of nitrogens with zero attached hydrogens (tertiary/aromatic N) is 2. The second kappa shape index (κ2) is 8.51. The Labute approximate surface area is 161 Å². The third kappa shape index (κ3) is 4.48. The standard InChI is InChI=1S/C20H25F3N2O3/c1-11(8-12(2)26)10-27-13-4-6-14(7-5-13)28-20-24-16-9-15(21)17(22)18(23)19(16)25(20)3/h9,11,13-14H,4-8,10H2,1-3H3/t11-,13?,14?/m1/s1. The van der Waals surface area contributed by atoms with Gasteiger partial charge < -0.3 is 14.3 Å². The Morgan fingerprint density at radius 3 is 2.50 bits per heavy atom. The fourth-order valence-corrected chi connectivity index (χ4v) is 3.67. The van der Waals surface area contributed by atoms with E-state index in [4.69, 9.17) is 9.47 Å². The molecule has 2 aromatic rings. The number of carbonyl (C=O) groups excluding carboxylic acids is 1. The van der Waals surface area contributed by atoms with E-state index < -0.39 is 17.5 Å². The van der Waals surface area contributed by atoms with Crippen LogP contribution in [0.3, 0.4) is 0 Å². The van der Waals surface area contributed by atoms with Crippen LogP contribution in [0.25, 0.3) is 11.0 Å². The molecule has 154 valence electrons. The number of Topliss-reactive ketones (excluding diaryl/α,β-unsaturated/α-hetero) is 1. The molecule has 1 aliphatic carbocycles. The molecule has 1 fully saturated rings. The zero-order chi connectivity index (χ0) is 20.4. The Balaban J connectivity index is 1.57. The van der Waals surface area contributed by atoms with Crippen molar-refractivity contribution in [2.45, 2.75) is 58.2 Å². The van der Waals surface area contributed by atoms with Gasteiger partial charge in [-0.2, -0.15) is 4.98 Å². The van der Waals surface area contributed by atoms with Gasteiger partial charge in [0.25, 0.3) is 6.01 Å². The van der Waals surface area contributed by atoms with Gasteiger partial charge in [0, 0.05) is 26.1 Å². The van der Waals surface area contributed by atoms with Crippen molar-refractivity contribution in [3.05, 3.63) is 23.5 Å². The van der Waals surface area contributed by atoms with Crippen molar-refractivity contribution in [3.63, 3.8) is 0 Å². The Kier molecular flexibility index (Phi) is 6.27. The molecule has 0 N–H and O–H groups in total. The van der Waals surface area contributed by atoms with E-state index in [2.05, 4.69) is 4.98 Å². The SMILES string of the molecule is CC(=O)C[C@@H](C)COC1CCC(Oc2nc3cc(F)c(F)c(F)c3n2C)CC1. The van der Waals surface area contributed by atoms with Crippen molar-refractivity contribution >= 4 is 16.8 Å². The number of ether oxygens (including phenoxy) is 2. The first-order chi connectivity index (χ1) is 13.3. The summed E-state index contributed by atoms with van der Waals surface area (Å²) in [6.45, 7) is 4.12. The lowest BCUT2D eigenvalue weighted by Crippen LogP contribution is -2.30. The van der Waals surface area contributed by atoms with Crippen molar-refractivity contribution in [3.8, 4) is 6.01 Å². The summed E-state index contributed by atoms with van der Waals surface area (Å²) in [6, 6.07) is 1.01. The Bertz CT molecular complexity index is 860. The molecule has 3 rings (SSSR count). The highest BCUT2D eigenvalue weighted by Gasteiger charge is 2.26. The summed E-state index contributed by atoms with van der Waals surface area (Å²) >= 11 is 0. The predicted octanol–water partition coefficient (Wildman–Crippen LogP) is 4.31. The first kappa shape index (κ1) is 20.6. The quantitative estimate of drug-likeness (QED) is 0.652. The second-order valence-corrected chi connectivity index (χ2v) is 7.67. The van der Waals surface area contributed by atoms with Crippen LogP contribution in [0.4, 0.5) is 13.2 Å². The highest BCUT2D eigenvalue weighted by molar-refractivity contribution is 5.77. The van der Waals surface area contributed by atoms with Crippen LogP contribution < -0.4 is 4.74 Å². The highest BCUT2D eigenvalue weighted by Crippen LogP contribution is 2.29. The fourth-order valence-electron chi connectivity index (χ4n) is 3.67. The van der Waals surface area contributed by atoms with Crippen molar-refractivity contribution in [1.29, 1.82) is 0 Å². The average Bonchev–Trinajstić information content (AvgIpc) is 2.94. The molecule has 1 aromatic heterocycles. The first-order valence-electron chi connectivity index (χ1n) is 9.53. The molecule has 0 aliphatic heterocycles. The van der Waals surface area contributed by atoms with E-state index in [1.54, 1.807) is 6.92 Å². The summed E-state index contributed by atoms with van der Waals surface area (Å²) < 4.78 is 54.0. The number of ketones is 1. The molecule has 0 bridgehead atoms. The van der Waals surface area contributed by atoms with E-state index >= 15 is 0 Å². The summed E-state index contributed by atoms with van der Waals surface area (Å²) in [5.74, 6) is -3.70. The summed E-state index contributed by atoms with van der Waals surface area (Å²) in [4.78, 5) is 15.2. The number of benzene rings is 1. The molecule has 5 nitrogen and oxygen atoms in total. The van der Waals surface area contributed by atoms with E-state index in [-0.39, 0.29) is 41.0 Å². The van der Waals surface area contributed by atoms with Gasteiger partial charge >= 0.3 is 0 Å². The van der Waals surface area contributed by atoms with Crippen LogP contribution >= 0.6 is 0 Å². The third-order valence-corrected chi connectivity index (χ3v) is 5.10. The zero-order valence-corrected chi connectivity index (χ0v) is 16.3. The molecule has 1 aliphatic rings. The lowest BCUT2D eigenvalue weighted by atomic mass is 9.95. The fraction of sp³-hybridized carbons (Fsp3) is 0.600. The summed E-state index contributed by atoms with van der Waals surface area (Å²) in [5.41, 5.74) is -0.101. The summed E-state index contributed by atoms with van der Waals surface area (Å²) in [6.07, 6.45) is 3.60. The number of aryl methyl sites for hydroxylation is 1. The first-order valence-corrected chi connectivity index (χ1v) is 9.53. The van der Waals surface area contributed by atoms with E-state index in [0.717, 1.165) is 31.7 Å². The van der Waals surface area contributed by atoms with Gasteiger partial charge in [-0.1, -0.05) is 6.92 Å². The molecular weight excluding hydrogens is 373 g/mol. The maximum atomic E-state index is 14.0. The van der Waals surface area contributed by atoms with Crippen LogP contribution in [-0.4, -0.2) is 34.1 Å². The van der Waals surface area contributed by atoms with Gasteiger partial charge in [0.1, 0.15) is 17.4 Å². The van der Waals surface area contributed by atoms with Gasteiger partial charge in [-0.05, 0) is 38.5 Å². The maximum absolute atomic E-state index is 14.0. The highest BCUT2D eigenvalue weighted by atomic mass is 19.2. The normalized spacial score (nSPS) is 21.1. The number of halogens is 3. The number of aromatic nitrogens is 2. The molecule has 0 unspecified atom stereocenters. The van der Waals surface area contributed by atoms with Crippen LogP contribution in [0, 0.1) is 23.4 Å². The Morgan fingerprint density at radius 2 is 1.86 bits per heavy atom. The minimum Gasteiger partial charge on any atom is -0.461 e. The number of hydrogen-bond donors (Lipinski definition) is 0. The lowest BCUT2D eigenvalue weighted by molar-refractivity contribution is -0.118. The molecule has 0 radical (unpaired) electrons. The van der Waals surface area contributed by atoms with Crippen molar-refractivity contribution in [2.24, 2.45) is 13.0 Å². The Hall–Kier alpha value is -2.09. The number of imidazole rings is 1. The zero-order valence-electron chi connectivity index (χ0n) is 16.3. The monoisotopic (exact) mass is 398 g/mol. The van der Waals surface area contributed by atoms with E-state index in [1.807, 2.05) is 6.92 Å². The number of fused-ring (bicyclic) bond motifs is 1. The van der Waals surface area contributed by atoms with Crippen LogP contribution in [0.5, 0.6) is 6.01 Å². The van der Waals surface area contributed by atoms with Gasteiger partial charge in [0.15, 0.2) is 17.5 Å². The number of hydrogen-bond acceptors (Lipinski definition) is 4. The molecule has 0 spiro atoms. The molecule has 1 heterocycles. The van der Waals surface area contributed by atoms with Crippen LogP contribution in [0.1, 0.15) is 46.0 Å². The average molecular weight is 398 g/mol. The van der Waals surface area contributed by atoms with Crippen LogP contribution in [0.2, 0.25) is 0 Å². The lowest BCUT2D eigenvalue weighted by Gasteiger charge is -2.29. The minimum absolute atomic E-state index is 0.0189. The third-order valence-electron chi connectivity index (χ3n) is 5.10. The maximum Gasteiger partial charge on any atom is 0.297 e. The van der Waals surface area contributed by atoms with Gasteiger partial charge in [-0.25, -0.2) is 13.2 Å². The van der Waals surface area contributed by atoms with E-state index in [0.29, 0.717) is 13.0 Å². The van der Waals surface area contributed by atoms with Gasteiger partial charge in [0.05, 0.1) is 11.6 Å². The molecule has 8 heteroatoms. The minimum atomic E-state index is -1.52. The molecule has 0 saturated heterocycles. The van der Waals surface area contributed by atoms with Gasteiger partial charge in [-0.3, -0.25) is 4.57 Å². The van der Waals surface area contributed by atoms with E-state index in [9.17, 15) is 18.0 Å². The van der Waals surface area contributed by atoms with Crippen LogP contribution in [-0.2, 0) is 16.6 Å². The number of carbonyl (C=O) groups is 1. The smallest absolute Gasteiger partial charge is 0.297 e. The van der Waals surface area contributed by atoms with Crippen molar-refractivity contribution in [2.75, 3.05) is 6.61 Å². The van der Waals surface area contributed by atoms with Gasteiger partial charge in [-0.15, -0.1) is 0 Å². The molecule has 28 heavy (non-hydrogen) atoms. The van der Waals surface area contributed by atoms with Gasteiger partial charge in [0.2, 0.25) is 0 Å². The molecule has 1 atom stereocenters. The van der Waals surface area contributed by atoms with Crippen LogP contribution in [0.15, 0.2) is 6.07 Å². The largest absolute Gasteiger partial charge is 0.461 e. The molecular formula is C20H25F3N2O3. The summed E-state index contributed by atoms with van der Waals surface area (Å²) in [5, 5.41) is 0. The Morgan fingerprint density at radius 1 is 1.21 bits per heavy atom. The van der Waals surface area contributed by atoms with Crippen molar-refractivity contribution < 1.29 is 27.4 Å². The molecule has 1 saturated carbocycles. The predicted molar refractivity (Wildman–Crippen MR) is 97.7 cm³/mol.